The SMILES string of the molecule is CNC(C)=S.CNC(C)=S.II. The van der Waals surface area contributed by atoms with Crippen molar-refractivity contribution in [2.45, 2.75) is 13.8 Å². The number of nitrogens with one attached hydrogen (secondary N) is 2. The molecule has 0 aromatic rings. The third-order valence-corrected chi connectivity index (χ3v) is 1.11. The van der Waals surface area contributed by atoms with Crippen molar-refractivity contribution in [2.24, 2.45) is 0 Å². The van der Waals surface area contributed by atoms with E-state index in [4.69, 9.17) is 0 Å². The van der Waals surface area contributed by atoms with Crippen LogP contribution in [-0.2, 0) is 0 Å². The van der Waals surface area contributed by atoms with Crippen LogP contribution < -0.4 is 10.6 Å². The van der Waals surface area contributed by atoms with Gasteiger partial charge in [0, 0.05) is 51.3 Å². The lowest BCUT2D eigenvalue weighted by atomic mass is 10.8. The average molecular weight is 432 g/mol. The molecule has 6 heteroatoms. The number of thiocarbonyl (C=S) groups is 2. The van der Waals surface area contributed by atoms with E-state index in [0.717, 1.165) is 9.98 Å². The summed E-state index contributed by atoms with van der Waals surface area (Å²) in [4.78, 5) is 1.68. The Morgan fingerprint density at radius 2 is 1.00 bits per heavy atom. The van der Waals surface area contributed by atoms with Gasteiger partial charge in [-0.1, -0.05) is 24.4 Å². The molecule has 0 saturated heterocycles. The summed E-state index contributed by atoms with van der Waals surface area (Å²) in [6.45, 7) is 3.69. The van der Waals surface area contributed by atoms with Crippen LogP contribution in [-0.4, -0.2) is 24.1 Å². The zero-order valence-corrected chi connectivity index (χ0v) is 13.5. The van der Waals surface area contributed by atoms with Gasteiger partial charge in [-0.15, -0.1) is 0 Å². The Bertz CT molecular complexity index is 106. The first-order valence-electron chi connectivity index (χ1n) is 3.05. The van der Waals surface area contributed by atoms with E-state index in [1.165, 1.54) is 0 Å². The van der Waals surface area contributed by atoms with Crippen molar-refractivity contribution < 1.29 is 0 Å². The maximum atomic E-state index is 4.59. The van der Waals surface area contributed by atoms with Gasteiger partial charge in [-0.25, -0.2) is 0 Å². The molecule has 0 aliphatic carbocycles. The summed E-state index contributed by atoms with van der Waals surface area (Å²) in [5.74, 6) is 0. The molecule has 74 valence electrons. The second-order valence-corrected chi connectivity index (χ2v) is 2.84. The van der Waals surface area contributed by atoms with Gasteiger partial charge in [0.25, 0.3) is 0 Å². The molecule has 0 radical (unpaired) electrons. The van der Waals surface area contributed by atoms with Crippen molar-refractivity contribution in [1.29, 1.82) is 0 Å². The third-order valence-electron chi connectivity index (χ3n) is 0.704. The molecule has 12 heavy (non-hydrogen) atoms. The van der Waals surface area contributed by atoms with Crippen LogP contribution in [0.3, 0.4) is 0 Å². The van der Waals surface area contributed by atoms with Crippen LogP contribution in [0.5, 0.6) is 0 Å². The van der Waals surface area contributed by atoms with Crippen molar-refractivity contribution in [3.05, 3.63) is 0 Å². The highest BCUT2D eigenvalue weighted by Gasteiger charge is 1.66. The maximum Gasteiger partial charge on any atom is 0.0719 e. The fourth-order valence-electron chi connectivity index (χ4n) is 0. The van der Waals surface area contributed by atoms with Crippen molar-refractivity contribution >= 4 is 71.6 Å². The second-order valence-electron chi connectivity index (χ2n) is 1.61. The molecule has 2 N–H and O–H groups in total. The maximum absolute atomic E-state index is 4.59. The van der Waals surface area contributed by atoms with Gasteiger partial charge in [-0.2, -0.15) is 0 Å². The first kappa shape index (κ1) is 18.9. The highest BCUT2D eigenvalue weighted by molar-refractivity contribution is 15.0. The standard InChI is InChI=1S/2C3H7NS.I2/c2*1-3(5)4-2;1-2/h2*1-2H3,(H,4,5);. The molecule has 0 amide bonds. The van der Waals surface area contributed by atoms with Gasteiger partial charge < -0.3 is 10.6 Å². The molecule has 0 spiro atoms. The number of hydrogen-bond acceptors (Lipinski definition) is 2. The second kappa shape index (κ2) is 18.1. The highest BCUT2D eigenvalue weighted by Crippen LogP contribution is 1.89. The highest BCUT2D eigenvalue weighted by atomic mass is 128. The number of halogens is 2. The lowest BCUT2D eigenvalue weighted by Gasteiger charge is -1.84. The Balaban J connectivity index is -0.000000112. The summed E-state index contributed by atoms with van der Waals surface area (Å²) >= 11 is 13.4. The molecule has 0 aromatic carbocycles. The Morgan fingerprint density at radius 3 is 1.00 bits per heavy atom. The van der Waals surface area contributed by atoms with Crippen LogP contribution in [0.1, 0.15) is 13.8 Å². The quantitative estimate of drug-likeness (QED) is 0.455. The summed E-state index contributed by atoms with van der Waals surface area (Å²) in [7, 11) is 3.62. The molecule has 2 nitrogen and oxygen atoms in total. The van der Waals surface area contributed by atoms with Crippen LogP contribution in [0, 0.1) is 0 Å². The Labute approximate surface area is 109 Å². The van der Waals surface area contributed by atoms with Crippen LogP contribution >= 0.6 is 61.7 Å². The van der Waals surface area contributed by atoms with Gasteiger partial charge in [-0.05, 0) is 13.8 Å². The van der Waals surface area contributed by atoms with E-state index in [2.05, 4.69) is 72.3 Å². The lowest BCUT2D eigenvalue weighted by molar-refractivity contribution is 1.19. The average Bonchev–Trinajstić information content (AvgIpc) is 2.09. The minimum absolute atomic E-state index is 0.838. The largest absolute Gasteiger partial charge is 0.383 e. The van der Waals surface area contributed by atoms with E-state index in [-0.39, 0.29) is 0 Å². The van der Waals surface area contributed by atoms with E-state index >= 15 is 0 Å². The Kier molecular flexibility index (Phi) is 28.6. The zero-order chi connectivity index (χ0) is 10.6. The van der Waals surface area contributed by atoms with Gasteiger partial charge in [0.1, 0.15) is 0 Å². The molecule has 0 fully saturated rings. The zero-order valence-electron chi connectivity index (χ0n) is 7.57. The van der Waals surface area contributed by atoms with Gasteiger partial charge >= 0.3 is 0 Å². The van der Waals surface area contributed by atoms with Gasteiger partial charge in [0.05, 0.1) is 9.98 Å². The van der Waals surface area contributed by atoms with Crippen molar-refractivity contribution in [1.82, 2.24) is 10.6 Å². The minimum atomic E-state index is 0.838. The van der Waals surface area contributed by atoms with Crippen molar-refractivity contribution in [3.63, 3.8) is 0 Å². The fourth-order valence-corrected chi connectivity index (χ4v) is 0. The minimum Gasteiger partial charge on any atom is -0.383 e. The molecule has 0 unspecified atom stereocenters. The van der Waals surface area contributed by atoms with E-state index in [1.54, 1.807) is 0 Å². The first-order chi connectivity index (χ1) is 5.54. The molecule has 0 bridgehead atoms. The summed E-state index contributed by atoms with van der Waals surface area (Å²) in [5.41, 5.74) is 0. The van der Waals surface area contributed by atoms with E-state index in [9.17, 15) is 0 Å². The summed E-state index contributed by atoms with van der Waals surface area (Å²) < 4.78 is 0. The topological polar surface area (TPSA) is 24.1 Å². The van der Waals surface area contributed by atoms with E-state index < -0.39 is 0 Å². The Hall–Kier alpha value is 1.24. The summed E-state index contributed by atoms with van der Waals surface area (Å²) in [6.07, 6.45) is 0. The van der Waals surface area contributed by atoms with Gasteiger partial charge in [0.15, 0.2) is 0 Å². The smallest absolute Gasteiger partial charge is 0.0719 e. The first-order valence-corrected chi connectivity index (χ1v) is 10.2. The molecule has 0 heterocycles. The molecule has 0 aromatic heterocycles. The predicted molar refractivity (Wildman–Crippen MR) is 82.7 cm³/mol. The lowest BCUT2D eigenvalue weighted by Crippen LogP contribution is -2.09. The molecule has 0 atom stereocenters. The number of hydrogen-bond donors (Lipinski definition) is 2. The third kappa shape index (κ3) is 42.9. The molecule has 0 rings (SSSR count). The van der Waals surface area contributed by atoms with Crippen LogP contribution in [0.2, 0.25) is 0 Å². The molecule has 0 aliphatic rings. The van der Waals surface area contributed by atoms with E-state index in [1.807, 2.05) is 27.9 Å². The fraction of sp³-hybridized carbons (Fsp3) is 0.667. The molecular weight excluding hydrogens is 418 g/mol. The summed E-state index contributed by atoms with van der Waals surface area (Å²) in [5, 5.41) is 5.52. The van der Waals surface area contributed by atoms with Crippen LogP contribution in [0.4, 0.5) is 0 Å². The van der Waals surface area contributed by atoms with Gasteiger partial charge in [-0.3, -0.25) is 0 Å². The van der Waals surface area contributed by atoms with Crippen LogP contribution in [0.15, 0.2) is 0 Å². The molecule has 0 saturated carbocycles. The number of rotatable bonds is 0. The molecule has 0 aliphatic heterocycles. The molecular formula is C6H14I2N2S2. The predicted octanol–water partition coefficient (Wildman–Crippen LogP) is 2.88. The van der Waals surface area contributed by atoms with Gasteiger partial charge in [0.2, 0.25) is 0 Å². The van der Waals surface area contributed by atoms with E-state index in [0.29, 0.717) is 0 Å². The van der Waals surface area contributed by atoms with Crippen molar-refractivity contribution in [3.8, 4) is 0 Å². The monoisotopic (exact) mass is 432 g/mol. The Morgan fingerprint density at radius 1 is 0.917 bits per heavy atom. The van der Waals surface area contributed by atoms with Crippen molar-refractivity contribution in [2.75, 3.05) is 14.1 Å². The summed E-state index contributed by atoms with van der Waals surface area (Å²) in [6, 6.07) is 0. The van der Waals surface area contributed by atoms with Crippen LogP contribution in [0.25, 0.3) is 0 Å². The normalized spacial score (nSPS) is 6.17.